The number of hydrogen-bond donors (Lipinski definition) is 0. The van der Waals surface area contributed by atoms with Gasteiger partial charge in [-0.25, -0.2) is 0 Å². The zero-order chi connectivity index (χ0) is 14.3. The normalized spacial score (nSPS) is 11.5. The highest BCUT2D eigenvalue weighted by atomic mass is 14.3. The van der Waals surface area contributed by atoms with Crippen LogP contribution in [-0.2, 0) is 11.8 Å². The maximum absolute atomic E-state index is 2.31. The van der Waals surface area contributed by atoms with E-state index in [0.717, 1.165) is 6.42 Å². The van der Waals surface area contributed by atoms with Gasteiger partial charge in [0.1, 0.15) is 0 Å². The molecule has 0 saturated carbocycles. The van der Waals surface area contributed by atoms with Crippen molar-refractivity contribution >= 4 is 0 Å². The van der Waals surface area contributed by atoms with Crippen LogP contribution in [0, 0.1) is 0 Å². The molecular weight excluding hydrogens is 240 g/mol. The van der Waals surface area contributed by atoms with Gasteiger partial charge >= 0.3 is 0 Å². The van der Waals surface area contributed by atoms with Crippen molar-refractivity contribution in [3.05, 3.63) is 71.8 Å². The average molecular weight is 266 g/mol. The molecule has 2 rings (SSSR count). The summed E-state index contributed by atoms with van der Waals surface area (Å²) in [6, 6.07) is 22.1. The number of rotatable bonds is 7. The lowest BCUT2D eigenvalue weighted by Crippen LogP contribution is -2.29. The summed E-state index contributed by atoms with van der Waals surface area (Å²) in [5.74, 6) is 0. The van der Waals surface area contributed by atoms with Gasteiger partial charge in [-0.2, -0.15) is 0 Å². The molecule has 0 aromatic heterocycles. The number of hydrogen-bond acceptors (Lipinski definition) is 0. The lowest BCUT2D eigenvalue weighted by molar-refractivity contribution is 0.353. The lowest BCUT2D eigenvalue weighted by atomic mass is 9.69. The molecule has 0 bridgehead atoms. The van der Waals surface area contributed by atoms with Gasteiger partial charge in [-0.05, 0) is 35.8 Å². The summed E-state index contributed by atoms with van der Waals surface area (Å²) in [7, 11) is 0. The molecule has 2 aromatic rings. The zero-order valence-corrected chi connectivity index (χ0v) is 12.8. The van der Waals surface area contributed by atoms with Crippen molar-refractivity contribution in [3.63, 3.8) is 0 Å². The van der Waals surface area contributed by atoms with Gasteiger partial charge in [-0.15, -0.1) is 0 Å². The summed E-state index contributed by atoms with van der Waals surface area (Å²) >= 11 is 0. The van der Waals surface area contributed by atoms with Crippen LogP contribution in [0.2, 0.25) is 0 Å². The van der Waals surface area contributed by atoms with Crippen LogP contribution in [0.15, 0.2) is 60.7 Å². The molecule has 0 nitrogen and oxygen atoms in total. The second-order valence-electron chi connectivity index (χ2n) is 5.81. The summed E-state index contributed by atoms with van der Waals surface area (Å²) in [5.41, 5.74) is 3.26. The molecule has 0 N–H and O–H groups in total. The fourth-order valence-corrected chi connectivity index (χ4v) is 3.43. The van der Waals surface area contributed by atoms with Gasteiger partial charge in [0.2, 0.25) is 0 Å². The van der Waals surface area contributed by atoms with Gasteiger partial charge in [-0.1, -0.05) is 87.4 Å². The Morgan fingerprint density at radius 2 is 1.20 bits per heavy atom. The van der Waals surface area contributed by atoms with Crippen molar-refractivity contribution in [1.29, 1.82) is 0 Å². The van der Waals surface area contributed by atoms with Crippen molar-refractivity contribution in [2.24, 2.45) is 0 Å². The molecule has 0 heterocycles. The van der Waals surface area contributed by atoms with E-state index in [1.807, 2.05) is 0 Å². The van der Waals surface area contributed by atoms with E-state index >= 15 is 0 Å². The van der Waals surface area contributed by atoms with Crippen molar-refractivity contribution in [2.45, 2.75) is 51.4 Å². The molecule has 106 valence electrons. The van der Waals surface area contributed by atoms with Crippen LogP contribution in [0.1, 0.15) is 50.7 Å². The Labute approximate surface area is 123 Å². The Morgan fingerprint density at radius 1 is 0.700 bits per heavy atom. The summed E-state index contributed by atoms with van der Waals surface area (Å²) in [4.78, 5) is 0. The molecule has 0 aliphatic rings. The molecule has 0 atom stereocenters. The Hall–Kier alpha value is -1.56. The first-order valence-electron chi connectivity index (χ1n) is 7.90. The predicted molar refractivity (Wildman–Crippen MR) is 88.1 cm³/mol. The highest BCUT2D eigenvalue weighted by molar-refractivity contribution is 5.29. The summed E-state index contributed by atoms with van der Waals surface area (Å²) in [6.45, 7) is 4.61. The van der Waals surface area contributed by atoms with Crippen molar-refractivity contribution in [2.75, 3.05) is 0 Å². The Balaban J connectivity index is 2.36. The molecule has 0 spiro atoms. The van der Waals surface area contributed by atoms with Crippen LogP contribution in [0.4, 0.5) is 0 Å². The van der Waals surface area contributed by atoms with Crippen LogP contribution in [-0.4, -0.2) is 0 Å². The average Bonchev–Trinajstić information content (AvgIpc) is 2.49. The third-order valence-electron chi connectivity index (χ3n) is 4.23. The topological polar surface area (TPSA) is 0 Å². The summed E-state index contributed by atoms with van der Waals surface area (Å²) in [6.07, 6.45) is 6.16. The van der Waals surface area contributed by atoms with E-state index in [0.29, 0.717) is 5.41 Å². The van der Waals surface area contributed by atoms with Gasteiger partial charge in [0.05, 0.1) is 0 Å². The second kappa shape index (κ2) is 7.28. The van der Waals surface area contributed by atoms with E-state index in [-0.39, 0.29) is 0 Å². The Morgan fingerprint density at radius 3 is 1.70 bits per heavy atom. The van der Waals surface area contributed by atoms with Crippen molar-refractivity contribution in [3.8, 4) is 0 Å². The van der Waals surface area contributed by atoms with E-state index in [9.17, 15) is 0 Å². The van der Waals surface area contributed by atoms with E-state index in [1.54, 1.807) is 0 Å². The SMILES string of the molecule is CCCC(CCC)(Cc1ccccc1)c1ccccc1. The molecule has 0 radical (unpaired) electrons. The highest BCUT2D eigenvalue weighted by Gasteiger charge is 2.30. The molecule has 0 heteroatoms. The first kappa shape index (κ1) is 14.8. The monoisotopic (exact) mass is 266 g/mol. The largest absolute Gasteiger partial charge is 0.0654 e. The van der Waals surface area contributed by atoms with Gasteiger partial charge < -0.3 is 0 Å². The third-order valence-corrected chi connectivity index (χ3v) is 4.23. The maximum Gasteiger partial charge on any atom is -0.000685 e. The molecule has 0 aliphatic carbocycles. The molecule has 2 aromatic carbocycles. The standard InChI is InChI=1S/C20H26/c1-3-15-20(16-4-2,19-13-9-6-10-14-19)17-18-11-7-5-8-12-18/h5-14H,3-4,15-17H2,1-2H3. The van der Waals surface area contributed by atoms with Gasteiger partial charge in [0, 0.05) is 0 Å². The molecule has 0 aliphatic heterocycles. The van der Waals surface area contributed by atoms with Crippen LogP contribution in [0.5, 0.6) is 0 Å². The number of benzene rings is 2. The van der Waals surface area contributed by atoms with E-state index < -0.39 is 0 Å². The van der Waals surface area contributed by atoms with Gasteiger partial charge in [0.15, 0.2) is 0 Å². The molecule has 0 fully saturated rings. The van der Waals surface area contributed by atoms with Crippen molar-refractivity contribution in [1.82, 2.24) is 0 Å². The predicted octanol–water partition coefficient (Wildman–Crippen LogP) is 5.77. The first-order chi connectivity index (χ1) is 9.80. The molecule has 20 heavy (non-hydrogen) atoms. The van der Waals surface area contributed by atoms with E-state index in [1.165, 1.54) is 36.8 Å². The molecule has 0 amide bonds. The smallest absolute Gasteiger partial charge is 0.000685 e. The lowest BCUT2D eigenvalue weighted by Gasteiger charge is -2.35. The zero-order valence-electron chi connectivity index (χ0n) is 12.8. The fourth-order valence-electron chi connectivity index (χ4n) is 3.43. The summed E-state index contributed by atoms with van der Waals surface area (Å²) < 4.78 is 0. The van der Waals surface area contributed by atoms with Crippen LogP contribution < -0.4 is 0 Å². The minimum absolute atomic E-state index is 0.298. The highest BCUT2D eigenvalue weighted by Crippen LogP contribution is 2.37. The third kappa shape index (κ3) is 3.50. The first-order valence-corrected chi connectivity index (χ1v) is 7.90. The summed E-state index contributed by atoms with van der Waals surface area (Å²) in [5, 5.41) is 0. The molecule has 0 unspecified atom stereocenters. The van der Waals surface area contributed by atoms with Gasteiger partial charge in [0.25, 0.3) is 0 Å². The fraction of sp³-hybridized carbons (Fsp3) is 0.400. The minimum Gasteiger partial charge on any atom is -0.0654 e. The second-order valence-corrected chi connectivity index (χ2v) is 5.81. The van der Waals surface area contributed by atoms with E-state index in [2.05, 4.69) is 74.5 Å². The minimum atomic E-state index is 0.298. The Kier molecular flexibility index (Phi) is 5.40. The van der Waals surface area contributed by atoms with Crippen molar-refractivity contribution < 1.29 is 0 Å². The van der Waals surface area contributed by atoms with Gasteiger partial charge in [-0.3, -0.25) is 0 Å². The molecule has 0 saturated heterocycles. The van der Waals surface area contributed by atoms with E-state index in [4.69, 9.17) is 0 Å². The van der Waals surface area contributed by atoms with Crippen LogP contribution >= 0.6 is 0 Å². The molecular formula is C20H26. The van der Waals surface area contributed by atoms with Crippen LogP contribution in [0.3, 0.4) is 0 Å². The Bertz CT molecular complexity index is 478. The maximum atomic E-state index is 2.31. The quantitative estimate of drug-likeness (QED) is 0.597. The van der Waals surface area contributed by atoms with Crippen LogP contribution in [0.25, 0.3) is 0 Å².